The minimum Gasteiger partial charge on any atom is -0.330 e. The molecule has 4 nitrogen and oxygen atoms in total. The molecular weight excluding hydrogens is 327 g/mol. The highest BCUT2D eigenvalue weighted by Gasteiger charge is 2.69. The second-order valence-corrected chi connectivity index (χ2v) is 8.52. The molecule has 6 heteroatoms. The lowest BCUT2D eigenvalue weighted by Crippen LogP contribution is -2.31. The van der Waals surface area contributed by atoms with Gasteiger partial charge < -0.3 is 11.5 Å². The summed E-state index contributed by atoms with van der Waals surface area (Å²) >= 11 is 0. The van der Waals surface area contributed by atoms with E-state index in [2.05, 4.69) is 0 Å². The van der Waals surface area contributed by atoms with Gasteiger partial charge in [0.05, 0.1) is 10.1 Å². The molecule has 1 saturated carbocycles. The van der Waals surface area contributed by atoms with Crippen LogP contribution < -0.4 is 11.5 Å². The molecule has 1 aliphatic rings. The fourth-order valence-electron chi connectivity index (χ4n) is 3.56. The SMILES string of the molecule is Cc1ccc(S(=O)(=O)[C@H]2[C@@H](c3ccc(F)cc3)C2(CN)CN)cc1. The highest BCUT2D eigenvalue weighted by molar-refractivity contribution is 7.92. The Morgan fingerprint density at radius 1 is 1.00 bits per heavy atom. The standard InChI is InChI=1S/C18H21FN2O2S/c1-12-2-8-15(9-3-12)24(22,23)17-16(18(17,10-20)11-21)13-4-6-14(19)7-5-13/h2-9,16-17H,10-11,20-21H2,1H3/t16-,17+/m1/s1. The maximum absolute atomic E-state index is 13.2. The number of aryl methyl sites for hydroxylation is 1. The van der Waals surface area contributed by atoms with Gasteiger partial charge in [-0.05, 0) is 36.8 Å². The summed E-state index contributed by atoms with van der Waals surface area (Å²) in [6.07, 6.45) is 0. The lowest BCUT2D eigenvalue weighted by atomic mass is 9.99. The third kappa shape index (κ3) is 2.55. The van der Waals surface area contributed by atoms with Crippen molar-refractivity contribution in [2.45, 2.75) is 23.0 Å². The average Bonchev–Trinajstić information content (AvgIpc) is 3.26. The maximum Gasteiger partial charge on any atom is 0.182 e. The molecule has 2 aromatic carbocycles. The molecule has 0 saturated heterocycles. The van der Waals surface area contributed by atoms with Crippen LogP contribution in [0.4, 0.5) is 4.39 Å². The second-order valence-electron chi connectivity index (χ2n) is 6.45. The molecule has 0 heterocycles. The van der Waals surface area contributed by atoms with Gasteiger partial charge in [0.1, 0.15) is 5.82 Å². The highest BCUT2D eigenvalue weighted by Crippen LogP contribution is 2.62. The molecule has 0 unspecified atom stereocenters. The van der Waals surface area contributed by atoms with E-state index in [9.17, 15) is 12.8 Å². The van der Waals surface area contributed by atoms with Gasteiger partial charge in [-0.3, -0.25) is 0 Å². The van der Waals surface area contributed by atoms with E-state index in [1.165, 1.54) is 12.1 Å². The van der Waals surface area contributed by atoms with E-state index in [1.807, 2.05) is 6.92 Å². The molecule has 128 valence electrons. The van der Waals surface area contributed by atoms with Crippen LogP contribution in [0.2, 0.25) is 0 Å². The van der Waals surface area contributed by atoms with Crippen LogP contribution in [0, 0.1) is 18.2 Å². The summed E-state index contributed by atoms with van der Waals surface area (Å²) in [6.45, 7) is 2.24. The van der Waals surface area contributed by atoms with Crippen molar-refractivity contribution < 1.29 is 12.8 Å². The van der Waals surface area contributed by atoms with Gasteiger partial charge in [0.15, 0.2) is 9.84 Å². The lowest BCUT2D eigenvalue weighted by molar-refractivity contribution is 0.509. The van der Waals surface area contributed by atoms with Crippen LogP contribution in [-0.2, 0) is 9.84 Å². The van der Waals surface area contributed by atoms with Gasteiger partial charge in [-0.2, -0.15) is 0 Å². The maximum atomic E-state index is 13.2. The fourth-order valence-corrected chi connectivity index (χ4v) is 6.04. The first-order valence-corrected chi connectivity index (χ1v) is 9.37. The summed E-state index contributed by atoms with van der Waals surface area (Å²) in [6, 6.07) is 12.7. The third-order valence-corrected chi connectivity index (χ3v) is 7.39. The van der Waals surface area contributed by atoms with Crippen molar-refractivity contribution >= 4 is 9.84 Å². The van der Waals surface area contributed by atoms with Crippen molar-refractivity contribution in [3.8, 4) is 0 Å². The number of hydrogen-bond acceptors (Lipinski definition) is 4. The van der Waals surface area contributed by atoms with E-state index >= 15 is 0 Å². The molecule has 0 radical (unpaired) electrons. The molecule has 1 aliphatic carbocycles. The molecule has 0 aliphatic heterocycles. The molecule has 0 amide bonds. The molecule has 4 N–H and O–H groups in total. The van der Waals surface area contributed by atoms with Gasteiger partial charge in [-0.15, -0.1) is 0 Å². The zero-order valence-corrected chi connectivity index (χ0v) is 14.3. The van der Waals surface area contributed by atoms with Crippen LogP contribution in [-0.4, -0.2) is 26.8 Å². The number of halogens is 1. The number of hydrogen-bond donors (Lipinski definition) is 2. The number of sulfone groups is 1. The van der Waals surface area contributed by atoms with Crippen LogP contribution in [0.5, 0.6) is 0 Å². The Bertz CT molecular complexity index is 828. The summed E-state index contributed by atoms with van der Waals surface area (Å²) in [5.74, 6) is -0.678. The summed E-state index contributed by atoms with van der Waals surface area (Å²) < 4.78 is 39.4. The van der Waals surface area contributed by atoms with Crippen molar-refractivity contribution in [2.75, 3.05) is 13.1 Å². The first kappa shape index (κ1) is 17.1. The highest BCUT2D eigenvalue weighted by atomic mass is 32.2. The van der Waals surface area contributed by atoms with Crippen molar-refractivity contribution in [1.29, 1.82) is 0 Å². The molecule has 0 aromatic heterocycles. The van der Waals surface area contributed by atoms with Crippen LogP contribution >= 0.6 is 0 Å². The normalized spacial score (nSPS) is 22.3. The van der Waals surface area contributed by atoms with Crippen molar-refractivity contribution in [2.24, 2.45) is 16.9 Å². The monoisotopic (exact) mass is 348 g/mol. The van der Waals surface area contributed by atoms with Gasteiger partial charge in [0.25, 0.3) is 0 Å². The predicted molar refractivity (Wildman–Crippen MR) is 91.8 cm³/mol. The summed E-state index contributed by atoms with van der Waals surface area (Å²) in [5.41, 5.74) is 12.9. The largest absolute Gasteiger partial charge is 0.330 e. The van der Waals surface area contributed by atoms with E-state index < -0.39 is 20.5 Å². The Labute approximate surface area is 141 Å². The van der Waals surface area contributed by atoms with Gasteiger partial charge >= 0.3 is 0 Å². The molecule has 2 aromatic rings. The smallest absolute Gasteiger partial charge is 0.182 e. The topological polar surface area (TPSA) is 86.2 Å². The molecule has 3 rings (SSSR count). The first-order valence-electron chi connectivity index (χ1n) is 7.83. The molecule has 2 atom stereocenters. The second kappa shape index (κ2) is 5.95. The Morgan fingerprint density at radius 2 is 1.54 bits per heavy atom. The minimum absolute atomic E-state index is 0.168. The van der Waals surface area contributed by atoms with E-state index in [0.29, 0.717) is 0 Å². The first-order chi connectivity index (χ1) is 11.4. The van der Waals surface area contributed by atoms with Crippen LogP contribution in [0.25, 0.3) is 0 Å². The molecule has 0 bridgehead atoms. The van der Waals surface area contributed by atoms with Crippen molar-refractivity contribution in [3.05, 3.63) is 65.5 Å². The lowest BCUT2D eigenvalue weighted by Gasteiger charge is -2.13. The van der Waals surface area contributed by atoms with E-state index in [4.69, 9.17) is 11.5 Å². The Hall–Kier alpha value is -1.76. The average molecular weight is 348 g/mol. The quantitative estimate of drug-likeness (QED) is 0.865. The number of rotatable bonds is 5. The van der Waals surface area contributed by atoms with Crippen molar-refractivity contribution in [1.82, 2.24) is 0 Å². The Kier molecular flexibility index (Phi) is 4.23. The minimum atomic E-state index is -3.58. The summed E-state index contributed by atoms with van der Waals surface area (Å²) in [7, 11) is -3.58. The van der Waals surface area contributed by atoms with E-state index in [0.717, 1.165) is 11.1 Å². The molecule has 1 fully saturated rings. The van der Waals surface area contributed by atoms with Gasteiger partial charge in [0, 0.05) is 24.4 Å². The van der Waals surface area contributed by atoms with Gasteiger partial charge in [-0.25, -0.2) is 12.8 Å². The van der Waals surface area contributed by atoms with Crippen molar-refractivity contribution in [3.63, 3.8) is 0 Å². The molecular formula is C18H21FN2O2S. The Morgan fingerprint density at radius 3 is 2.04 bits per heavy atom. The van der Waals surface area contributed by atoms with Gasteiger partial charge in [0.2, 0.25) is 0 Å². The predicted octanol–water partition coefficient (Wildman–Crippen LogP) is 1.98. The number of benzene rings is 2. The van der Waals surface area contributed by atoms with Crippen LogP contribution in [0.15, 0.2) is 53.4 Å². The van der Waals surface area contributed by atoms with Crippen LogP contribution in [0.1, 0.15) is 17.0 Å². The molecule has 0 spiro atoms. The zero-order chi connectivity index (χ0) is 17.5. The van der Waals surface area contributed by atoms with E-state index in [-0.39, 0.29) is 29.7 Å². The van der Waals surface area contributed by atoms with E-state index in [1.54, 1.807) is 36.4 Å². The van der Waals surface area contributed by atoms with Crippen LogP contribution in [0.3, 0.4) is 0 Å². The number of nitrogens with two attached hydrogens (primary N) is 2. The summed E-state index contributed by atoms with van der Waals surface area (Å²) in [4.78, 5) is 0.272. The fraction of sp³-hybridized carbons (Fsp3) is 0.333. The molecule has 24 heavy (non-hydrogen) atoms. The van der Waals surface area contributed by atoms with Gasteiger partial charge in [-0.1, -0.05) is 29.8 Å². The zero-order valence-electron chi connectivity index (χ0n) is 13.4. The third-order valence-electron chi connectivity index (χ3n) is 5.05. The summed E-state index contributed by atoms with van der Waals surface area (Å²) in [5, 5.41) is -0.687. The Balaban J connectivity index is 2.04.